The Bertz CT molecular complexity index is 595. The van der Waals surface area contributed by atoms with E-state index in [0.29, 0.717) is 12.5 Å². The quantitative estimate of drug-likeness (QED) is 0.444. The number of nitrogens with zero attached hydrogens (tertiary/aromatic N) is 1. The first-order valence-electron chi connectivity index (χ1n) is 10.9. The van der Waals surface area contributed by atoms with Crippen molar-refractivity contribution in [2.24, 2.45) is 23.2 Å². The van der Waals surface area contributed by atoms with Gasteiger partial charge >= 0.3 is 5.97 Å². The first-order chi connectivity index (χ1) is 13.1. The van der Waals surface area contributed by atoms with Gasteiger partial charge in [0.05, 0.1) is 25.2 Å². The highest BCUT2D eigenvalue weighted by atomic mass is 16.6. The molecule has 2 saturated carbocycles. The van der Waals surface area contributed by atoms with Crippen molar-refractivity contribution >= 4 is 5.97 Å². The van der Waals surface area contributed by atoms with Crippen LogP contribution in [0.25, 0.3) is 0 Å². The second-order valence-corrected chi connectivity index (χ2v) is 9.71. The predicted molar refractivity (Wildman–Crippen MR) is 100 cm³/mol. The third kappa shape index (κ3) is 2.78. The molecule has 1 spiro atoms. The van der Waals surface area contributed by atoms with Gasteiger partial charge in [0, 0.05) is 44.1 Å². The summed E-state index contributed by atoms with van der Waals surface area (Å²) in [6, 6.07) is 0. The lowest BCUT2D eigenvalue weighted by atomic mass is 9.53. The molecule has 5 rings (SSSR count). The van der Waals surface area contributed by atoms with Gasteiger partial charge in [-0.05, 0) is 25.2 Å². The predicted octanol–water partition coefficient (Wildman–Crippen LogP) is 1.43. The minimum Gasteiger partial charge on any atom is -0.462 e. The van der Waals surface area contributed by atoms with Gasteiger partial charge in [-0.2, -0.15) is 0 Å². The summed E-state index contributed by atoms with van der Waals surface area (Å²) in [6.45, 7) is 11.0. The van der Waals surface area contributed by atoms with Crippen molar-refractivity contribution in [3.05, 3.63) is 0 Å². The Morgan fingerprint density at radius 2 is 2.11 bits per heavy atom. The maximum atomic E-state index is 12.6. The molecule has 0 aromatic carbocycles. The van der Waals surface area contributed by atoms with Crippen LogP contribution in [0.15, 0.2) is 0 Å². The zero-order chi connectivity index (χ0) is 18.6. The SMILES string of the molecule is CC1CCCC2(C)CC3OC(=O)C(CNCCN4CCOCC4)C3C3OC132. The van der Waals surface area contributed by atoms with Crippen molar-refractivity contribution in [3.8, 4) is 0 Å². The van der Waals surface area contributed by atoms with Gasteiger partial charge in [0.2, 0.25) is 0 Å². The van der Waals surface area contributed by atoms with E-state index in [0.717, 1.165) is 45.8 Å². The van der Waals surface area contributed by atoms with Crippen molar-refractivity contribution in [1.82, 2.24) is 10.2 Å². The second kappa shape index (κ2) is 6.68. The number of hydrogen-bond acceptors (Lipinski definition) is 6. The first kappa shape index (κ1) is 18.3. The molecule has 0 bridgehead atoms. The molecule has 6 heteroatoms. The molecule has 7 atom stereocenters. The van der Waals surface area contributed by atoms with Crippen LogP contribution in [0.1, 0.15) is 39.5 Å². The number of carbonyl (C=O) groups is 1. The summed E-state index contributed by atoms with van der Waals surface area (Å²) in [7, 11) is 0. The summed E-state index contributed by atoms with van der Waals surface area (Å²) < 4.78 is 17.8. The number of nitrogens with one attached hydrogen (secondary N) is 1. The summed E-state index contributed by atoms with van der Waals surface area (Å²) in [6.07, 6.45) is 4.98. The lowest BCUT2D eigenvalue weighted by Gasteiger charge is -2.48. The summed E-state index contributed by atoms with van der Waals surface area (Å²) >= 11 is 0. The van der Waals surface area contributed by atoms with Crippen LogP contribution in [0, 0.1) is 23.2 Å². The van der Waals surface area contributed by atoms with E-state index in [1.54, 1.807) is 0 Å². The smallest absolute Gasteiger partial charge is 0.311 e. The molecule has 5 fully saturated rings. The van der Waals surface area contributed by atoms with Crippen LogP contribution < -0.4 is 5.32 Å². The normalized spacial score (nSPS) is 49.1. The van der Waals surface area contributed by atoms with Crippen LogP contribution in [0.2, 0.25) is 0 Å². The van der Waals surface area contributed by atoms with Crippen LogP contribution in [0.3, 0.4) is 0 Å². The molecule has 152 valence electrons. The Balaban J connectivity index is 1.21. The van der Waals surface area contributed by atoms with E-state index in [2.05, 4.69) is 24.1 Å². The van der Waals surface area contributed by atoms with E-state index in [1.165, 1.54) is 19.3 Å². The van der Waals surface area contributed by atoms with Gasteiger partial charge in [-0.3, -0.25) is 9.69 Å². The van der Waals surface area contributed by atoms with Crippen molar-refractivity contribution in [1.29, 1.82) is 0 Å². The number of rotatable bonds is 5. The highest BCUT2D eigenvalue weighted by Gasteiger charge is 2.78. The van der Waals surface area contributed by atoms with E-state index < -0.39 is 0 Å². The third-order valence-electron chi connectivity index (χ3n) is 8.27. The number of carbonyl (C=O) groups excluding carboxylic acids is 1. The lowest BCUT2D eigenvalue weighted by molar-refractivity contribution is -0.146. The largest absolute Gasteiger partial charge is 0.462 e. The Morgan fingerprint density at radius 1 is 1.30 bits per heavy atom. The fourth-order valence-electron chi connectivity index (χ4n) is 6.79. The van der Waals surface area contributed by atoms with Crippen LogP contribution in [0.5, 0.6) is 0 Å². The molecule has 3 saturated heterocycles. The van der Waals surface area contributed by atoms with Gasteiger partial charge in [-0.15, -0.1) is 0 Å². The number of ether oxygens (including phenoxy) is 3. The molecule has 5 aliphatic rings. The molecule has 0 amide bonds. The minimum atomic E-state index is -0.0530. The zero-order valence-corrected chi connectivity index (χ0v) is 16.7. The van der Waals surface area contributed by atoms with Crippen LogP contribution in [-0.2, 0) is 19.0 Å². The fraction of sp³-hybridized carbons (Fsp3) is 0.952. The number of fused-ring (bicyclic) bond motifs is 2. The average Bonchev–Trinajstić information content (AvgIpc) is 3.34. The topological polar surface area (TPSA) is 63.3 Å². The van der Waals surface area contributed by atoms with Crippen molar-refractivity contribution in [3.63, 3.8) is 0 Å². The Kier molecular flexibility index (Phi) is 4.54. The average molecular weight is 379 g/mol. The van der Waals surface area contributed by atoms with Gasteiger partial charge in [0.15, 0.2) is 0 Å². The van der Waals surface area contributed by atoms with E-state index in [-0.39, 0.29) is 41.0 Å². The number of esters is 1. The molecule has 7 unspecified atom stereocenters. The van der Waals surface area contributed by atoms with E-state index in [9.17, 15) is 4.79 Å². The minimum absolute atomic E-state index is 0.00640. The number of epoxide rings is 1. The summed E-state index contributed by atoms with van der Waals surface area (Å²) in [5, 5.41) is 3.53. The maximum absolute atomic E-state index is 12.6. The van der Waals surface area contributed by atoms with Crippen molar-refractivity contribution in [2.45, 2.75) is 57.3 Å². The van der Waals surface area contributed by atoms with Gasteiger partial charge in [-0.25, -0.2) is 0 Å². The molecule has 3 aliphatic heterocycles. The first-order valence-corrected chi connectivity index (χ1v) is 10.9. The van der Waals surface area contributed by atoms with Gasteiger partial charge in [-0.1, -0.05) is 20.3 Å². The monoisotopic (exact) mass is 378 g/mol. The van der Waals surface area contributed by atoms with Gasteiger partial charge in [0.1, 0.15) is 11.7 Å². The van der Waals surface area contributed by atoms with Crippen molar-refractivity contribution in [2.75, 3.05) is 45.9 Å². The van der Waals surface area contributed by atoms with Crippen molar-refractivity contribution < 1.29 is 19.0 Å². The molecule has 1 N–H and O–H groups in total. The standard InChI is InChI=1S/C21H34N2O4/c1-14-4-3-5-20(2)12-16-17(18-21(14,20)27-18)15(19(24)26-16)13-22-6-7-23-8-10-25-11-9-23/h14-18,22H,3-13H2,1-2H3. The van der Waals surface area contributed by atoms with Crippen LogP contribution >= 0.6 is 0 Å². The highest BCUT2D eigenvalue weighted by molar-refractivity contribution is 5.76. The fourth-order valence-corrected chi connectivity index (χ4v) is 6.79. The van der Waals surface area contributed by atoms with Gasteiger partial charge in [0.25, 0.3) is 0 Å². The summed E-state index contributed by atoms with van der Waals surface area (Å²) in [5.74, 6) is 0.766. The van der Waals surface area contributed by atoms with Crippen LogP contribution in [0.4, 0.5) is 0 Å². The Labute approximate surface area is 162 Å². The molecule has 6 nitrogen and oxygen atoms in total. The van der Waals surface area contributed by atoms with E-state index >= 15 is 0 Å². The van der Waals surface area contributed by atoms with Gasteiger partial charge < -0.3 is 19.5 Å². The maximum Gasteiger partial charge on any atom is 0.311 e. The van der Waals surface area contributed by atoms with E-state index in [1.807, 2.05) is 0 Å². The Morgan fingerprint density at radius 3 is 2.93 bits per heavy atom. The zero-order valence-electron chi connectivity index (χ0n) is 16.7. The molecule has 0 radical (unpaired) electrons. The molecule has 0 aromatic heterocycles. The molecular weight excluding hydrogens is 344 g/mol. The van der Waals surface area contributed by atoms with Crippen LogP contribution in [-0.4, -0.2) is 74.6 Å². The van der Waals surface area contributed by atoms with E-state index in [4.69, 9.17) is 14.2 Å². The molecule has 2 aliphatic carbocycles. The third-order valence-corrected chi connectivity index (χ3v) is 8.27. The second-order valence-electron chi connectivity index (χ2n) is 9.71. The summed E-state index contributed by atoms with van der Waals surface area (Å²) in [4.78, 5) is 15.1. The molecular formula is C21H34N2O4. The number of hydrogen-bond donors (Lipinski definition) is 1. The lowest BCUT2D eigenvalue weighted by Crippen LogP contribution is -2.54. The Hall–Kier alpha value is -0.690. The summed E-state index contributed by atoms with van der Waals surface area (Å²) in [5.41, 5.74) is 0.182. The molecule has 27 heavy (non-hydrogen) atoms. The highest BCUT2D eigenvalue weighted by Crippen LogP contribution is 2.70. The molecule has 3 heterocycles. The number of morpholine rings is 1. The molecule has 0 aromatic rings.